The molecule has 0 fully saturated rings. The molecule has 0 aliphatic heterocycles. The fourth-order valence-corrected chi connectivity index (χ4v) is 2.56. The number of aliphatic hydroxyl groups excluding tert-OH is 1. The molecular formula is C19H19FN2O3. The van der Waals surface area contributed by atoms with Crippen LogP contribution in [0.1, 0.15) is 26.3 Å². The Bertz CT molecular complexity index is 941. The van der Waals surface area contributed by atoms with Crippen LogP contribution in [-0.4, -0.2) is 26.6 Å². The number of fused-ring (bicyclic) bond motifs is 1. The topological polar surface area (TPSA) is 64.4 Å². The van der Waals surface area contributed by atoms with Crippen LogP contribution in [0.25, 0.3) is 22.2 Å². The summed E-state index contributed by atoms with van der Waals surface area (Å²) >= 11 is 0. The molecule has 2 aromatic carbocycles. The molecule has 3 aromatic rings. The van der Waals surface area contributed by atoms with Crippen LogP contribution >= 0.6 is 0 Å². The lowest BCUT2D eigenvalue weighted by atomic mass is 10.1. The summed E-state index contributed by atoms with van der Waals surface area (Å²) in [7, 11) is 0. The Morgan fingerprint density at radius 1 is 1.24 bits per heavy atom. The van der Waals surface area contributed by atoms with Crippen molar-refractivity contribution in [1.82, 2.24) is 9.78 Å². The average Bonchev–Trinajstić information content (AvgIpc) is 2.92. The van der Waals surface area contributed by atoms with Crippen LogP contribution in [0.2, 0.25) is 0 Å². The van der Waals surface area contributed by atoms with Gasteiger partial charge in [-0.1, -0.05) is 18.2 Å². The van der Waals surface area contributed by atoms with Gasteiger partial charge in [0.05, 0.1) is 12.1 Å². The molecule has 0 radical (unpaired) electrons. The zero-order valence-electron chi connectivity index (χ0n) is 14.3. The first-order valence-corrected chi connectivity index (χ1v) is 7.90. The molecule has 3 rings (SSSR count). The van der Waals surface area contributed by atoms with E-state index < -0.39 is 17.5 Å². The molecule has 0 bridgehead atoms. The molecule has 1 N–H and O–H groups in total. The smallest absolute Gasteiger partial charge is 0.435 e. The van der Waals surface area contributed by atoms with Crippen LogP contribution in [0.5, 0.6) is 0 Å². The van der Waals surface area contributed by atoms with E-state index in [1.165, 1.54) is 16.8 Å². The Balaban J connectivity index is 2.21. The van der Waals surface area contributed by atoms with Gasteiger partial charge in [-0.25, -0.2) is 9.18 Å². The Kier molecular flexibility index (Phi) is 4.30. The van der Waals surface area contributed by atoms with Crippen molar-refractivity contribution in [3.05, 3.63) is 53.8 Å². The standard InChI is InChI=1S/C19H19FN2O3/c1-19(2,3)25-18(24)22-16-8-7-12(11-23)9-15(16)17(21-22)13-5-4-6-14(20)10-13/h4-10,23H,11H2,1-3H3. The Labute approximate surface area is 144 Å². The third-order valence-electron chi connectivity index (χ3n) is 3.59. The predicted molar refractivity (Wildman–Crippen MR) is 92.7 cm³/mol. The van der Waals surface area contributed by atoms with Gasteiger partial charge in [0.15, 0.2) is 0 Å². The third-order valence-corrected chi connectivity index (χ3v) is 3.59. The number of rotatable bonds is 2. The average molecular weight is 342 g/mol. The van der Waals surface area contributed by atoms with E-state index in [0.29, 0.717) is 27.7 Å². The normalized spacial score (nSPS) is 11.7. The molecule has 130 valence electrons. The van der Waals surface area contributed by atoms with Crippen LogP contribution in [0.3, 0.4) is 0 Å². The molecule has 0 atom stereocenters. The number of ether oxygens (including phenoxy) is 1. The summed E-state index contributed by atoms with van der Waals surface area (Å²) < 4.78 is 20.2. The number of aliphatic hydroxyl groups is 1. The van der Waals surface area contributed by atoms with E-state index in [1.54, 1.807) is 51.1 Å². The molecule has 1 heterocycles. The largest absolute Gasteiger partial charge is 0.442 e. The van der Waals surface area contributed by atoms with Crippen molar-refractivity contribution in [2.24, 2.45) is 0 Å². The fraction of sp³-hybridized carbons (Fsp3) is 0.263. The predicted octanol–water partition coefficient (Wildman–Crippen LogP) is 4.12. The number of carbonyl (C=O) groups is 1. The van der Waals surface area contributed by atoms with Crippen molar-refractivity contribution in [3.63, 3.8) is 0 Å². The Hall–Kier alpha value is -2.73. The second-order valence-electron chi connectivity index (χ2n) is 6.76. The van der Waals surface area contributed by atoms with Gasteiger partial charge in [0, 0.05) is 10.9 Å². The molecule has 0 aliphatic rings. The lowest BCUT2D eigenvalue weighted by molar-refractivity contribution is 0.0523. The maximum absolute atomic E-state index is 13.6. The molecule has 0 unspecified atom stereocenters. The molecule has 6 heteroatoms. The first-order chi connectivity index (χ1) is 11.8. The lowest BCUT2D eigenvalue weighted by Crippen LogP contribution is -2.27. The summed E-state index contributed by atoms with van der Waals surface area (Å²) in [5.74, 6) is -0.393. The van der Waals surface area contributed by atoms with Crippen molar-refractivity contribution in [2.75, 3.05) is 0 Å². The summed E-state index contributed by atoms with van der Waals surface area (Å²) in [6, 6.07) is 11.1. The van der Waals surface area contributed by atoms with E-state index in [0.717, 1.165) is 0 Å². The SMILES string of the molecule is CC(C)(C)OC(=O)n1nc(-c2cccc(F)c2)c2cc(CO)ccc21. The monoisotopic (exact) mass is 342 g/mol. The van der Waals surface area contributed by atoms with Crippen LogP contribution in [0.15, 0.2) is 42.5 Å². The number of aromatic nitrogens is 2. The highest BCUT2D eigenvalue weighted by Crippen LogP contribution is 2.30. The molecule has 0 saturated carbocycles. The number of halogens is 1. The van der Waals surface area contributed by atoms with Gasteiger partial charge in [0.25, 0.3) is 0 Å². The van der Waals surface area contributed by atoms with Crippen LogP contribution in [0, 0.1) is 5.82 Å². The molecule has 0 aliphatic carbocycles. The minimum atomic E-state index is -0.667. The zero-order valence-corrected chi connectivity index (χ0v) is 14.3. The van der Waals surface area contributed by atoms with E-state index in [9.17, 15) is 14.3 Å². The Morgan fingerprint density at radius 2 is 2.00 bits per heavy atom. The summed E-state index contributed by atoms with van der Waals surface area (Å²) in [5.41, 5.74) is 1.54. The summed E-state index contributed by atoms with van der Waals surface area (Å²) in [5, 5.41) is 14.4. The maximum Gasteiger partial charge on any atom is 0.435 e. The molecule has 0 saturated heterocycles. The van der Waals surface area contributed by atoms with Crippen molar-refractivity contribution in [1.29, 1.82) is 0 Å². The van der Waals surface area contributed by atoms with Gasteiger partial charge in [0.2, 0.25) is 0 Å². The highest BCUT2D eigenvalue weighted by atomic mass is 19.1. The van der Waals surface area contributed by atoms with Gasteiger partial charge in [-0.05, 0) is 50.6 Å². The van der Waals surface area contributed by atoms with Gasteiger partial charge < -0.3 is 9.84 Å². The van der Waals surface area contributed by atoms with Gasteiger partial charge in [-0.3, -0.25) is 0 Å². The number of carbonyl (C=O) groups excluding carboxylic acids is 1. The van der Waals surface area contributed by atoms with Crippen LogP contribution < -0.4 is 0 Å². The zero-order chi connectivity index (χ0) is 18.2. The van der Waals surface area contributed by atoms with Gasteiger partial charge in [0.1, 0.15) is 17.1 Å². The first-order valence-electron chi connectivity index (χ1n) is 7.90. The number of benzene rings is 2. The number of hydrogen-bond acceptors (Lipinski definition) is 4. The first kappa shape index (κ1) is 17.1. The van der Waals surface area contributed by atoms with E-state index >= 15 is 0 Å². The molecular weight excluding hydrogens is 323 g/mol. The minimum absolute atomic E-state index is 0.143. The van der Waals surface area contributed by atoms with Crippen LogP contribution in [0.4, 0.5) is 9.18 Å². The second-order valence-corrected chi connectivity index (χ2v) is 6.76. The van der Waals surface area contributed by atoms with Crippen molar-refractivity contribution < 1.29 is 19.0 Å². The third kappa shape index (κ3) is 3.53. The number of hydrogen-bond donors (Lipinski definition) is 1. The summed E-state index contributed by atoms with van der Waals surface area (Å²) in [6.45, 7) is 5.17. The van der Waals surface area contributed by atoms with E-state index in [-0.39, 0.29) is 6.61 Å². The molecule has 25 heavy (non-hydrogen) atoms. The highest BCUT2D eigenvalue weighted by Gasteiger charge is 2.23. The lowest BCUT2D eigenvalue weighted by Gasteiger charge is -2.19. The molecule has 5 nitrogen and oxygen atoms in total. The van der Waals surface area contributed by atoms with E-state index in [4.69, 9.17) is 4.74 Å². The van der Waals surface area contributed by atoms with Crippen LogP contribution in [-0.2, 0) is 11.3 Å². The van der Waals surface area contributed by atoms with Gasteiger partial charge >= 0.3 is 6.09 Å². The summed E-state index contributed by atoms with van der Waals surface area (Å²) in [4.78, 5) is 12.5. The second kappa shape index (κ2) is 6.29. The quantitative estimate of drug-likeness (QED) is 0.761. The molecule has 1 aromatic heterocycles. The fourth-order valence-electron chi connectivity index (χ4n) is 2.56. The maximum atomic E-state index is 13.6. The molecule has 0 amide bonds. The highest BCUT2D eigenvalue weighted by molar-refractivity contribution is 5.98. The van der Waals surface area contributed by atoms with Gasteiger partial charge in [-0.15, -0.1) is 0 Å². The summed E-state index contributed by atoms with van der Waals surface area (Å²) in [6.07, 6.45) is -0.614. The van der Waals surface area contributed by atoms with Gasteiger partial charge in [-0.2, -0.15) is 9.78 Å². The number of nitrogens with zero attached hydrogens (tertiary/aromatic N) is 2. The van der Waals surface area contributed by atoms with E-state index in [1.807, 2.05) is 0 Å². The van der Waals surface area contributed by atoms with Crippen molar-refractivity contribution in [2.45, 2.75) is 33.0 Å². The Morgan fingerprint density at radius 3 is 2.64 bits per heavy atom. The van der Waals surface area contributed by atoms with Crippen molar-refractivity contribution >= 4 is 17.0 Å². The molecule has 0 spiro atoms. The van der Waals surface area contributed by atoms with E-state index in [2.05, 4.69) is 5.10 Å². The van der Waals surface area contributed by atoms with Crippen molar-refractivity contribution in [3.8, 4) is 11.3 Å². The minimum Gasteiger partial charge on any atom is -0.442 e.